The van der Waals surface area contributed by atoms with Gasteiger partial charge in [0.1, 0.15) is 11.6 Å². The van der Waals surface area contributed by atoms with E-state index in [9.17, 15) is 18.7 Å². The van der Waals surface area contributed by atoms with Crippen molar-refractivity contribution in [2.75, 3.05) is 19.8 Å². The number of ether oxygens (including phenoxy) is 1. The number of hydrogen-bond donors (Lipinski definition) is 3. The Balaban J connectivity index is 1.68. The number of carbonyl (C=O) groups excluding carboxylic acids is 1. The first-order chi connectivity index (χ1) is 16.9. The molecule has 2 aromatic carbocycles. The van der Waals surface area contributed by atoms with Gasteiger partial charge in [0.15, 0.2) is 0 Å². The lowest BCUT2D eigenvalue weighted by atomic mass is 9.86. The van der Waals surface area contributed by atoms with E-state index in [4.69, 9.17) is 4.74 Å². The lowest BCUT2D eigenvalue weighted by Crippen LogP contribution is -2.49. The SMILES string of the molecule is C=CCOCCC(=O)N[C@@H](Cc1cc(F)cc(F)c1)[C@@H](O)CN[C@H]1CCCc2ccc(CC)cc21. The number of aryl methyl sites for hydroxylation is 2. The summed E-state index contributed by atoms with van der Waals surface area (Å²) < 4.78 is 32.8. The predicted molar refractivity (Wildman–Crippen MR) is 133 cm³/mol. The summed E-state index contributed by atoms with van der Waals surface area (Å²) in [5.41, 5.74) is 4.22. The molecule has 0 spiro atoms. The van der Waals surface area contributed by atoms with Crippen LogP contribution >= 0.6 is 0 Å². The molecule has 5 nitrogen and oxygen atoms in total. The molecule has 0 saturated heterocycles. The molecule has 35 heavy (non-hydrogen) atoms. The number of aliphatic hydroxyl groups excluding tert-OH is 1. The van der Waals surface area contributed by atoms with Crippen molar-refractivity contribution < 1.29 is 23.4 Å². The molecule has 0 aliphatic heterocycles. The summed E-state index contributed by atoms with van der Waals surface area (Å²) in [5, 5.41) is 17.3. The number of nitrogens with one attached hydrogen (secondary N) is 2. The first-order valence-corrected chi connectivity index (χ1v) is 12.4. The van der Waals surface area contributed by atoms with Crippen LogP contribution in [0.1, 0.15) is 54.5 Å². The third kappa shape index (κ3) is 8.23. The number of benzene rings is 2. The first-order valence-electron chi connectivity index (χ1n) is 12.4. The van der Waals surface area contributed by atoms with Crippen LogP contribution < -0.4 is 10.6 Å². The van der Waals surface area contributed by atoms with Crippen LogP contribution in [0.15, 0.2) is 49.1 Å². The van der Waals surface area contributed by atoms with Gasteiger partial charge in [-0.15, -0.1) is 6.58 Å². The standard InChI is InChI=1S/C28H36F2N2O3/c1-3-11-35-12-10-28(34)32-26(16-20-13-22(29)17-23(30)14-20)27(33)18-31-25-7-5-6-21-9-8-19(4-2)15-24(21)25/h3,8-9,13-15,17,25-27,31,33H,1,4-7,10-12,16,18H2,2H3,(H,32,34)/t25-,26-,27-/m0/s1. The van der Waals surface area contributed by atoms with Crippen molar-refractivity contribution in [2.45, 2.75) is 63.6 Å². The summed E-state index contributed by atoms with van der Waals surface area (Å²) in [4.78, 5) is 12.5. The summed E-state index contributed by atoms with van der Waals surface area (Å²) >= 11 is 0. The van der Waals surface area contributed by atoms with Crippen LogP contribution in [0.3, 0.4) is 0 Å². The highest BCUT2D eigenvalue weighted by Crippen LogP contribution is 2.30. The number of aliphatic hydroxyl groups is 1. The Morgan fingerprint density at radius 2 is 2.00 bits per heavy atom. The highest BCUT2D eigenvalue weighted by Gasteiger charge is 2.25. The van der Waals surface area contributed by atoms with Gasteiger partial charge in [-0.2, -0.15) is 0 Å². The van der Waals surface area contributed by atoms with Crippen molar-refractivity contribution in [3.8, 4) is 0 Å². The molecule has 0 radical (unpaired) electrons. The highest BCUT2D eigenvalue weighted by molar-refractivity contribution is 5.76. The molecule has 0 fully saturated rings. The fourth-order valence-electron chi connectivity index (χ4n) is 4.56. The van der Waals surface area contributed by atoms with E-state index in [2.05, 4.69) is 42.3 Å². The number of halogens is 2. The zero-order valence-electron chi connectivity index (χ0n) is 20.4. The van der Waals surface area contributed by atoms with Gasteiger partial charge in [-0.05, 0) is 66.5 Å². The third-order valence-electron chi connectivity index (χ3n) is 6.40. The van der Waals surface area contributed by atoms with Gasteiger partial charge >= 0.3 is 0 Å². The Hall–Kier alpha value is -2.61. The van der Waals surface area contributed by atoms with Crippen molar-refractivity contribution >= 4 is 5.91 Å². The zero-order chi connectivity index (χ0) is 25.2. The van der Waals surface area contributed by atoms with Crippen molar-refractivity contribution in [1.29, 1.82) is 0 Å². The van der Waals surface area contributed by atoms with Crippen LogP contribution in [0.2, 0.25) is 0 Å². The van der Waals surface area contributed by atoms with Crippen LogP contribution in [0.25, 0.3) is 0 Å². The van der Waals surface area contributed by atoms with Crippen LogP contribution in [-0.4, -0.2) is 42.9 Å². The van der Waals surface area contributed by atoms with E-state index in [-0.39, 0.29) is 37.9 Å². The zero-order valence-corrected chi connectivity index (χ0v) is 20.4. The monoisotopic (exact) mass is 486 g/mol. The van der Waals surface area contributed by atoms with E-state index in [1.807, 2.05) is 0 Å². The minimum Gasteiger partial charge on any atom is -0.390 e. The number of rotatable bonds is 13. The average molecular weight is 487 g/mol. The fourth-order valence-corrected chi connectivity index (χ4v) is 4.56. The second kappa shape index (κ2) is 13.5. The molecule has 0 heterocycles. The number of carbonyl (C=O) groups is 1. The minimum absolute atomic E-state index is 0.0953. The maximum Gasteiger partial charge on any atom is 0.222 e. The molecule has 0 bridgehead atoms. The number of hydrogen-bond acceptors (Lipinski definition) is 4. The molecule has 1 aliphatic carbocycles. The van der Waals surface area contributed by atoms with Crippen molar-refractivity contribution in [1.82, 2.24) is 10.6 Å². The molecule has 0 aromatic heterocycles. The molecule has 1 aliphatic rings. The smallest absolute Gasteiger partial charge is 0.222 e. The van der Waals surface area contributed by atoms with Gasteiger partial charge in [0.25, 0.3) is 0 Å². The topological polar surface area (TPSA) is 70.6 Å². The third-order valence-corrected chi connectivity index (χ3v) is 6.40. The summed E-state index contributed by atoms with van der Waals surface area (Å²) in [6.45, 7) is 6.48. The van der Waals surface area contributed by atoms with E-state index in [1.54, 1.807) is 6.08 Å². The van der Waals surface area contributed by atoms with Crippen molar-refractivity contribution in [3.63, 3.8) is 0 Å². The molecular formula is C28H36F2N2O3. The van der Waals surface area contributed by atoms with Gasteiger partial charge in [0, 0.05) is 25.1 Å². The Bertz CT molecular complexity index is 978. The molecule has 3 atom stereocenters. The van der Waals surface area contributed by atoms with E-state index in [0.717, 1.165) is 31.7 Å². The Labute approximate surface area is 206 Å². The largest absolute Gasteiger partial charge is 0.390 e. The van der Waals surface area contributed by atoms with Crippen molar-refractivity contribution in [2.24, 2.45) is 0 Å². The van der Waals surface area contributed by atoms with Crippen molar-refractivity contribution in [3.05, 3.63) is 82.9 Å². The predicted octanol–water partition coefficient (Wildman–Crippen LogP) is 4.18. The summed E-state index contributed by atoms with van der Waals surface area (Å²) in [7, 11) is 0. The fraction of sp³-hybridized carbons (Fsp3) is 0.464. The molecule has 3 N–H and O–H groups in total. The lowest BCUT2D eigenvalue weighted by Gasteiger charge is -2.30. The molecular weight excluding hydrogens is 450 g/mol. The second-order valence-electron chi connectivity index (χ2n) is 9.08. The number of fused-ring (bicyclic) bond motifs is 1. The van der Waals surface area contributed by atoms with Gasteiger partial charge in [0.05, 0.1) is 25.4 Å². The normalized spacial score (nSPS) is 16.9. The molecule has 3 rings (SSSR count). The molecule has 190 valence electrons. The summed E-state index contributed by atoms with van der Waals surface area (Å²) in [6.07, 6.45) is 4.85. The van der Waals surface area contributed by atoms with Gasteiger partial charge in [-0.25, -0.2) is 8.78 Å². The maximum absolute atomic E-state index is 13.7. The summed E-state index contributed by atoms with van der Waals surface area (Å²) in [5.74, 6) is -1.69. The molecule has 1 amide bonds. The first kappa shape index (κ1) is 27.0. The van der Waals surface area contributed by atoms with E-state index < -0.39 is 23.8 Å². The van der Waals surface area contributed by atoms with Crippen LogP contribution in [0.4, 0.5) is 8.78 Å². The van der Waals surface area contributed by atoms with Gasteiger partial charge in [0.2, 0.25) is 5.91 Å². The van der Waals surface area contributed by atoms with E-state index in [1.165, 1.54) is 28.8 Å². The van der Waals surface area contributed by atoms with Gasteiger partial charge in [-0.3, -0.25) is 4.79 Å². The minimum atomic E-state index is -0.959. The van der Waals surface area contributed by atoms with Gasteiger partial charge in [-0.1, -0.05) is 31.2 Å². The summed E-state index contributed by atoms with van der Waals surface area (Å²) in [6, 6.07) is 9.22. The Morgan fingerprint density at radius 3 is 2.71 bits per heavy atom. The van der Waals surface area contributed by atoms with E-state index >= 15 is 0 Å². The maximum atomic E-state index is 13.7. The molecule has 7 heteroatoms. The van der Waals surface area contributed by atoms with E-state index in [0.29, 0.717) is 12.2 Å². The van der Waals surface area contributed by atoms with Crippen LogP contribution in [0, 0.1) is 11.6 Å². The lowest BCUT2D eigenvalue weighted by molar-refractivity contribution is -0.123. The van der Waals surface area contributed by atoms with Gasteiger partial charge < -0.3 is 20.5 Å². The molecule has 2 aromatic rings. The average Bonchev–Trinajstić information content (AvgIpc) is 2.83. The second-order valence-corrected chi connectivity index (χ2v) is 9.08. The van der Waals surface area contributed by atoms with Crippen LogP contribution in [0.5, 0.6) is 0 Å². The highest BCUT2D eigenvalue weighted by atomic mass is 19.1. The Morgan fingerprint density at radius 1 is 1.23 bits per heavy atom. The quantitative estimate of drug-likeness (QED) is 0.294. The van der Waals surface area contributed by atoms with Crippen LogP contribution in [-0.2, 0) is 28.8 Å². The number of amides is 1. The Kier molecular flexibility index (Phi) is 10.4. The molecule has 0 saturated carbocycles. The molecule has 0 unspecified atom stereocenters.